The van der Waals surface area contributed by atoms with E-state index in [1.54, 1.807) is 19.2 Å². The van der Waals surface area contributed by atoms with Gasteiger partial charge in [0.05, 0.1) is 18.5 Å². The van der Waals surface area contributed by atoms with E-state index in [-0.39, 0.29) is 24.9 Å². The highest BCUT2D eigenvalue weighted by Crippen LogP contribution is 2.22. The minimum atomic E-state index is -3.65. The average molecular weight is 443 g/mol. The standard InChI is InChI=1S/C22H26N4O4S/c1-15-6-8-18(9-7-15)22-23-20(30-24-22)13-25(4)21(27)14-26(31(5,28)29)19-11-16(2)10-17(3)12-19/h6-12H,13-14H2,1-5H3. The van der Waals surface area contributed by atoms with Crippen LogP contribution in [0.4, 0.5) is 5.69 Å². The lowest BCUT2D eigenvalue weighted by atomic mass is 10.1. The second kappa shape index (κ2) is 8.89. The molecular formula is C22H26N4O4S. The van der Waals surface area contributed by atoms with E-state index >= 15 is 0 Å². The zero-order chi connectivity index (χ0) is 22.8. The maximum atomic E-state index is 12.8. The molecule has 0 spiro atoms. The highest BCUT2D eigenvalue weighted by molar-refractivity contribution is 7.92. The molecule has 0 saturated heterocycles. The summed E-state index contributed by atoms with van der Waals surface area (Å²) in [6.07, 6.45) is 1.09. The first-order valence-corrected chi connectivity index (χ1v) is 11.6. The molecule has 0 N–H and O–H groups in total. The van der Waals surface area contributed by atoms with Gasteiger partial charge in [0.15, 0.2) is 0 Å². The first-order valence-electron chi connectivity index (χ1n) is 9.72. The number of likely N-dealkylation sites (N-methyl/N-ethyl adjacent to an activating group) is 1. The number of sulfonamides is 1. The number of anilines is 1. The van der Waals surface area contributed by atoms with Crippen molar-refractivity contribution >= 4 is 21.6 Å². The van der Waals surface area contributed by atoms with Crippen LogP contribution >= 0.6 is 0 Å². The third-order valence-corrected chi connectivity index (χ3v) is 5.89. The van der Waals surface area contributed by atoms with Gasteiger partial charge in [0.2, 0.25) is 27.6 Å². The van der Waals surface area contributed by atoms with Gasteiger partial charge in [0, 0.05) is 12.6 Å². The molecule has 0 bridgehead atoms. The van der Waals surface area contributed by atoms with Crippen LogP contribution in [0.1, 0.15) is 22.6 Å². The van der Waals surface area contributed by atoms with Gasteiger partial charge < -0.3 is 9.42 Å². The van der Waals surface area contributed by atoms with Crippen LogP contribution in [-0.2, 0) is 21.4 Å². The number of carbonyl (C=O) groups excluding carboxylic acids is 1. The lowest BCUT2D eigenvalue weighted by Crippen LogP contribution is -2.41. The van der Waals surface area contributed by atoms with Crippen LogP contribution in [0.2, 0.25) is 0 Å². The molecule has 0 aliphatic heterocycles. The van der Waals surface area contributed by atoms with Gasteiger partial charge in [0.25, 0.3) is 0 Å². The second-order valence-corrected chi connectivity index (χ2v) is 9.65. The number of rotatable bonds is 7. The lowest BCUT2D eigenvalue weighted by Gasteiger charge is -2.25. The Bertz CT molecular complexity index is 1170. The average Bonchev–Trinajstić information content (AvgIpc) is 3.13. The van der Waals surface area contributed by atoms with Crippen molar-refractivity contribution in [2.24, 2.45) is 0 Å². The number of amides is 1. The summed E-state index contributed by atoms with van der Waals surface area (Å²) in [5.41, 5.74) is 4.23. The minimum Gasteiger partial charge on any atom is -0.337 e. The Morgan fingerprint density at radius 1 is 1.00 bits per heavy atom. The molecule has 164 valence electrons. The lowest BCUT2D eigenvalue weighted by molar-refractivity contribution is -0.129. The molecule has 0 aliphatic carbocycles. The molecule has 0 radical (unpaired) electrons. The Labute approximate surface area is 182 Å². The van der Waals surface area contributed by atoms with Crippen LogP contribution in [0.15, 0.2) is 47.0 Å². The normalized spacial score (nSPS) is 11.4. The third kappa shape index (κ3) is 5.69. The first-order chi connectivity index (χ1) is 14.5. The van der Waals surface area contributed by atoms with E-state index in [4.69, 9.17) is 4.52 Å². The Morgan fingerprint density at radius 2 is 1.61 bits per heavy atom. The summed E-state index contributed by atoms with van der Waals surface area (Å²) < 4.78 is 31.1. The van der Waals surface area contributed by atoms with E-state index in [1.807, 2.05) is 51.1 Å². The van der Waals surface area contributed by atoms with E-state index in [9.17, 15) is 13.2 Å². The van der Waals surface area contributed by atoms with E-state index in [0.717, 1.165) is 32.8 Å². The molecule has 0 fully saturated rings. The number of nitrogens with zero attached hydrogens (tertiary/aromatic N) is 4. The Morgan fingerprint density at radius 3 is 2.19 bits per heavy atom. The highest BCUT2D eigenvalue weighted by Gasteiger charge is 2.24. The molecule has 3 rings (SSSR count). The van der Waals surface area contributed by atoms with Crippen molar-refractivity contribution < 1.29 is 17.7 Å². The maximum Gasteiger partial charge on any atom is 0.246 e. The Kier molecular flexibility index (Phi) is 6.45. The fourth-order valence-electron chi connectivity index (χ4n) is 3.17. The van der Waals surface area contributed by atoms with Gasteiger partial charge in [-0.2, -0.15) is 4.98 Å². The quantitative estimate of drug-likeness (QED) is 0.558. The second-order valence-electron chi connectivity index (χ2n) is 7.74. The number of carbonyl (C=O) groups is 1. The summed E-state index contributed by atoms with van der Waals surface area (Å²) in [7, 11) is -2.08. The summed E-state index contributed by atoms with van der Waals surface area (Å²) in [6, 6.07) is 13.1. The van der Waals surface area contributed by atoms with Gasteiger partial charge in [-0.25, -0.2) is 8.42 Å². The molecule has 8 nitrogen and oxygen atoms in total. The van der Waals surface area contributed by atoms with Gasteiger partial charge in [-0.15, -0.1) is 0 Å². The number of hydrogen-bond donors (Lipinski definition) is 0. The van der Waals surface area contributed by atoms with Crippen molar-refractivity contribution in [1.82, 2.24) is 15.0 Å². The summed E-state index contributed by atoms with van der Waals surface area (Å²) >= 11 is 0. The van der Waals surface area contributed by atoms with Crippen LogP contribution in [0.3, 0.4) is 0 Å². The fraction of sp³-hybridized carbons (Fsp3) is 0.318. The van der Waals surface area contributed by atoms with Crippen molar-refractivity contribution in [2.45, 2.75) is 27.3 Å². The van der Waals surface area contributed by atoms with Crippen LogP contribution < -0.4 is 4.31 Å². The van der Waals surface area contributed by atoms with E-state index in [0.29, 0.717) is 11.5 Å². The van der Waals surface area contributed by atoms with Crippen molar-refractivity contribution in [2.75, 3.05) is 24.2 Å². The predicted octanol–water partition coefficient (Wildman–Crippen LogP) is 3.09. The van der Waals surface area contributed by atoms with Gasteiger partial charge in [-0.3, -0.25) is 9.10 Å². The zero-order valence-electron chi connectivity index (χ0n) is 18.3. The number of aromatic nitrogens is 2. The monoisotopic (exact) mass is 442 g/mol. The fourth-order valence-corrected chi connectivity index (χ4v) is 4.00. The van der Waals surface area contributed by atoms with Crippen LogP contribution in [0.25, 0.3) is 11.4 Å². The molecular weight excluding hydrogens is 416 g/mol. The molecule has 31 heavy (non-hydrogen) atoms. The first kappa shape index (κ1) is 22.5. The smallest absolute Gasteiger partial charge is 0.246 e. The Hall–Kier alpha value is -3.20. The molecule has 0 aliphatic rings. The van der Waals surface area contributed by atoms with E-state index < -0.39 is 10.0 Å². The van der Waals surface area contributed by atoms with Crippen LogP contribution in [-0.4, -0.2) is 49.2 Å². The van der Waals surface area contributed by atoms with Gasteiger partial charge in [0.1, 0.15) is 6.54 Å². The summed E-state index contributed by atoms with van der Waals surface area (Å²) in [4.78, 5) is 18.5. The van der Waals surface area contributed by atoms with Crippen LogP contribution in [0, 0.1) is 20.8 Å². The topological polar surface area (TPSA) is 96.6 Å². The molecule has 0 atom stereocenters. The zero-order valence-corrected chi connectivity index (χ0v) is 19.1. The molecule has 1 aromatic heterocycles. The van der Waals surface area contributed by atoms with Crippen LogP contribution in [0.5, 0.6) is 0 Å². The van der Waals surface area contributed by atoms with Gasteiger partial charge >= 0.3 is 0 Å². The van der Waals surface area contributed by atoms with Gasteiger partial charge in [-0.1, -0.05) is 41.1 Å². The third-order valence-electron chi connectivity index (χ3n) is 4.75. The molecule has 1 heterocycles. The minimum absolute atomic E-state index is 0.0716. The molecule has 2 aromatic carbocycles. The van der Waals surface area contributed by atoms with E-state index in [2.05, 4.69) is 10.1 Å². The van der Waals surface area contributed by atoms with Crippen molar-refractivity contribution in [3.8, 4) is 11.4 Å². The molecule has 9 heteroatoms. The van der Waals surface area contributed by atoms with Crippen molar-refractivity contribution in [3.63, 3.8) is 0 Å². The summed E-state index contributed by atoms with van der Waals surface area (Å²) in [5, 5.41) is 3.97. The maximum absolute atomic E-state index is 12.8. The van der Waals surface area contributed by atoms with Crippen molar-refractivity contribution in [3.05, 3.63) is 65.0 Å². The Balaban J connectivity index is 1.73. The molecule has 0 unspecified atom stereocenters. The van der Waals surface area contributed by atoms with Crippen molar-refractivity contribution in [1.29, 1.82) is 0 Å². The summed E-state index contributed by atoms with van der Waals surface area (Å²) in [5.74, 6) is 0.312. The number of hydrogen-bond acceptors (Lipinski definition) is 6. The number of benzene rings is 2. The SMILES string of the molecule is Cc1ccc(-c2noc(CN(C)C(=O)CN(c3cc(C)cc(C)c3)S(C)(=O)=O)n2)cc1. The molecule has 0 saturated carbocycles. The van der Waals surface area contributed by atoms with Gasteiger partial charge in [-0.05, 0) is 44.0 Å². The predicted molar refractivity (Wildman–Crippen MR) is 119 cm³/mol. The largest absolute Gasteiger partial charge is 0.337 e. The van der Waals surface area contributed by atoms with E-state index in [1.165, 1.54) is 4.90 Å². The highest BCUT2D eigenvalue weighted by atomic mass is 32.2. The number of aryl methyl sites for hydroxylation is 3. The molecule has 1 amide bonds. The molecule has 3 aromatic rings. The summed E-state index contributed by atoms with van der Waals surface area (Å²) in [6.45, 7) is 5.50.